The molecule has 6 nitrogen and oxygen atoms in total. The van der Waals surface area contributed by atoms with Crippen LogP contribution in [0.1, 0.15) is 11.3 Å². The van der Waals surface area contributed by atoms with Crippen LogP contribution in [0.5, 0.6) is 0 Å². The molecule has 1 aromatic heterocycles. The third-order valence-electron chi connectivity index (χ3n) is 3.64. The van der Waals surface area contributed by atoms with E-state index in [-0.39, 0.29) is 0 Å². The van der Waals surface area contributed by atoms with Crippen molar-refractivity contribution in [1.29, 1.82) is 0 Å². The van der Waals surface area contributed by atoms with Crippen LogP contribution in [0, 0.1) is 6.92 Å². The molecule has 0 spiro atoms. The first-order valence-electron chi connectivity index (χ1n) is 7.61. The van der Waals surface area contributed by atoms with Crippen molar-refractivity contribution in [3.05, 3.63) is 52.7 Å². The molecule has 0 aliphatic rings. The second kappa shape index (κ2) is 6.92. The molecule has 140 valence electrons. The van der Waals surface area contributed by atoms with E-state index in [2.05, 4.69) is 20.6 Å². The number of alkyl halides is 3. The molecule has 1 heterocycles. The highest BCUT2D eigenvalue weighted by molar-refractivity contribution is 6.32. The lowest BCUT2D eigenvalue weighted by atomic mass is 10.1. The number of nitrogens with one attached hydrogen (secondary N) is 2. The van der Waals surface area contributed by atoms with Crippen LogP contribution in [0.25, 0.3) is 10.8 Å². The van der Waals surface area contributed by atoms with E-state index in [1.807, 2.05) is 13.0 Å². The maximum Gasteiger partial charge on any atom is 0.433 e. The van der Waals surface area contributed by atoms with E-state index < -0.39 is 29.7 Å². The van der Waals surface area contributed by atoms with Gasteiger partial charge in [0.05, 0.1) is 0 Å². The Morgan fingerprint density at radius 1 is 1.07 bits per heavy atom. The number of nitrogens with zero attached hydrogens (tertiary/aromatic N) is 2. The Balaban J connectivity index is 1.79. The van der Waals surface area contributed by atoms with Gasteiger partial charge in [-0.25, -0.2) is 9.78 Å². The van der Waals surface area contributed by atoms with E-state index in [9.17, 15) is 18.0 Å². The number of benzene rings is 2. The summed E-state index contributed by atoms with van der Waals surface area (Å²) in [5.74, 6) is -0.964. The Morgan fingerprint density at radius 3 is 2.52 bits per heavy atom. The van der Waals surface area contributed by atoms with Crippen LogP contribution in [0.15, 0.2) is 36.4 Å². The van der Waals surface area contributed by atoms with Crippen LogP contribution in [0.3, 0.4) is 0 Å². The number of hydrogen-bond acceptors (Lipinski definition) is 4. The van der Waals surface area contributed by atoms with Crippen molar-refractivity contribution in [3.63, 3.8) is 0 Å². The number of fused-ring (bicyclic) bond motifs is 1. The molecule has 0 unspecified atom stereocenters. The monoisotopic (exact) mass is 395 g/mol. The molecule has 27 heavy (non-hydrogen) atoms. The van der Waals surface area contributed by atoms with Gasteiger partial charge in [-0.15, -0.1) is 0 Å². The highest BCUT2D eigenvalue weighted by Crippen LogP contribution is 2.29. The van der Waals surface area contributed by atoms with Crippen LogP contribution >= 0.6 is 11.6 Å². The van der Waals surface area contributed by atoms with Crippen molar-refractivity contribution in [2.45, 2.75) is 13.1 Å². The van der Waals surface area contributed by atoms with E-state index in [4.69, 9.17) is 17.3 Å². The van der Waals surface area contributed by atoms with Gasteiger partial charge in [-0.3, -0.25) is 5.32 Å². The largest absolute Gasteiger partial charge is 0.433 e. The van der Waals surface area contributed by atoms with Crippen molar-refractivity contribution in [3.8, 4) is 0 Å². The molecule has 4 N–H and O–H groups in total. The number of halogens is 4. The zero-order valence-corrected chi connectivity index (χ0v) is 14.6. The molecular formula is C17H13ClF3N5O. The van der Waals surface area contributed by atoms with Gasteiger partial charge in [0.1, 0.15) is 5.82 Å². The van der Waals surface area contributed by atoms with Gasteiger partial charge in [-0.2, -0.15) is 18.2 Å². The van der Waals surface area contributed by atoms with E-state index in [0.717, 1.165) is 16.3 Å². The first kappa shape index (κ1) is 18.7. The minimum Gasteiger partial charge on any atom is -0.384 e. The average Bonchev–Trinajstić information content (AvgIpc) is 2.54. The second-order valence-electron chi connectivity index (χ2n) is 5.74. The second-order valence-corrected chi connectivity index (χ2v) is 6.15. The van der Waals surface area contributed by atoms with E-state index in [1.54, 1.807) is 24.3 Å². The number of aryl methyl sites for hydroxylation is 1. The molecule has 2 aromatic carbocycles. The number of aromatic nitrogens is 2. The normalized spacial score (nSPS) is 11.4. The molecule has 0 saturated carbocycles. The quantitative estimate of drug-likeness (QED) is 0.579. The minimum absolute atomic E-state index is 0.411. The summed E-state index contributed by atoms with van der Waals surface area (Å²) in [5.41, 5.74) is 5.40. The van der Waals surface area contributed by atoms with Gasteiger partial charge in [0.25, 0.3) is 0 Å². The fourth-order valence-corrected chi connectivity index (χ4v) is 2.56. The number of hydrogen-bond donors (Lipinski definition) is 3. The number of anilines is 3. The molecule has 3 aromatic rings. The van der Waals surface area contributed by atoms with Gasteiger partial charge in [0.15, 0.2) is 5.69 Å². The van der Waals surface area contributed by atoms with Crippen LogP contribution in [0.4, 0.5) is 35.4 Å². The summed E-state index contributed by atoms with van der Waals surface area (Å²) in [5, 5.41) is 7.00. The van der Waals surface area contributed by atoms with Crippen molar-refractivity contribution < 1.29 is 18.0 Å². The number of carbonyl (C=O) groups is 1. The molecule has 3 rings (SSSR count). The Labute approximate surface area is 156 Å². The molecule has 0 atom stereocenters. The van der Waals surface area contributed by atoms with Crippen LogP contribution in [-0.4, -0.2) is 16.0 Å². The van der Waals surface area contributed by atoms with Gasteiger partial charge in [-0.05, 0) is 47.5 Å². The third kappa shape index (κ3) is 4.37. The van der Waals surface area contributed by atoms with E-state index >= 15 is 0 Å². The van der Waals surface area contributed by atoms with Crippen molar-refractivity contribution in [2.75, 3.05) is 16.4 Å². The number of nitrogen functional groups attached to an aromatic ring is 1. The fourth-order valence-electron chi connectivity index (χ4n) is 2.39. The summed E-state index contributed by atoms with van der Waals surface area (Å²) >= 11 is 6.08. The van der Waals surface area contributed by atoms with Gasteiger partial charge >= 0.3 is 12.2 Å². The fraction of sp³-hybridized carbons (Fsp3) is 0.118. The van der Waals surface area contributed by atoms with Crippen molar-refractivity contribution in [1.82, 2.24) is 9.97 Å². The summed E-state index contributed by atoms with van der Waals surface area (Å²) in [7, 11) is 0. The Hall–Kier alpha value is -3.07. The first-order chi connectivity index (χ1) is 12.6. The number of nitrogens with two attached hydrogens (primary N) is 1. The van der Waals surface area contributed by atoms with Crippen LogP contribution in [0.2, 0.25) is 5.02 Å². The van der Waals surface area contributed by atoms with Gasteiger partial charge in [-0.1, -0.05) is 17.7 Å². The minimum atomic E-state index is -4.71. The molecule has 0 radical (unpaired) electrons. The molecular weight excluding hydrogens is 383 g/mol. The molecule has 0 fully saturated rings. The SMILES string of the molecule is Cc1cc2cc(NC(=O)Nc3nc(N)cc(C(F)(F)F)n3)ccc2cc1Cl. The molecule has 0 aliphatic heterocycles. The standard InChI is InChI=1S/C17H13ClF3N5O/c1-8-4-10-5-11(3-2-9(10)6-12(8)18)23-16(27)26-15-24-13(17(19,20)21)7-14(22)25-15/h2-7H,1H3,(H4,22,23,24,25,26,27). The number of amides is 2. The Kier molecular flexibility index (Phi) is 4.79. The molecule has 0 aliphatic carbocycles. The number of carbonyl (C=O) groups excluding carboxylic acids is 1. The zero-order valence-electron chi connectivity index (χ0n) is 13.9. The zero-order chi connectivity index (χ0) is 19.8. The number of rotatable bonds is 2. The molecule has 0 saturated heterocycles. The topological polar surface area (TPSA) is 92.9 Å². The Morgan fingerprint density at radius 2 is 1.81 bits per heavy atom. The third-order valence-corrected chi connectivity index (χ3v) is 4.04. The Bertz CT molecular complexity index is 1040. The van der Waals surface area contributed by atoms with Crippen molar-refractivity contribution in [2.24, 2.45) is 0 Å². The van der Waals surface area contributed by atoms with Crippen LogP contribution in [-0.2, 0) is 6.18 Å². The molecule has 10 heteroatoms. The lowest BCUT2D eigenvalue weighted by Gasteiger charge is -2.11. The summed E-state index contributed by atoms with van der Waals surface area (Å²) < 4.78 is 38.3. The molecule has 0 bridgehead atoms. The highest BCUT2D eigenvalue weighted by atomic mass is 35.5. The number of urea groups is 1. The predicted molar refractivity (Wildman–Crippen MR) is 97.8 cm³/mol. The summed E-state index contributed by atoms with van der Waals surface area (Å²) in [6.07, 6.45) is -4.71. The predicted octanol–water partition coefficient (Wildman–Crippen LogP) is 4.84. The smallest absolute Gasteiger partial charge is 0.384 e. The van der Waals surface area contributed by atoms with Crippen LogP contribution < -0.4 is 16.4 Å². The first-order valence-corrected chi connectivity index (χ1v) is 7.99. The summed E-state index contributed by atoms with van der Waals surface area (Å²) in [4.78, 5) is 18.9. The maximum atomic E-state index is 12.8. The van der Waals surface area contributed by atoms with E-state index in [1.165, 1.54) is 0 Å². The average molecular weight is 396 g/mol. The summed E-state index contributed by atoms with van der Waals surface area (Å²) in [6.45, 7) is 1.85. The van der Waals surface area contributed by atoms with Gasteiger partial charge in [0.2, 0.25) is 5.95 Å². The van der Waals surface area contributed by atoms with Crippen molar-refractivity contribution >= 4 is 45.9 Å². The van der Waals surface area contributed by atoms with Gasteiger partial charge < -0.3 is 11.1 Å². The lowest BCUT2D eigenvalue weighted by Crippen LogP contribution is -2.22. The highest BCUT2D eigenvalue weighted by Gasteiger charge is 2.33. The maximum absolute atomic E-state index is 12.8. The van der Waals surface area contributed by atoms with E-state index in [0.29, 0.717) is 16.8 Å². The van der Waals surface area contributed by atoms with Gasteiger partial charge in [0, 0.05) is 16.8 Å². The lowest BCUT2D eigenvalue weighted by molar-refractivity contribution is -0.141. The molecule has 2 amide bonds. The summed E-state index contributed by atoms with van der Waals surface area (Å²) in [6, 6.07) is 8.54.